The van der Waals surface area contributed by atoms with Gasteiger partial charge in [0, 0.05) is 12.7 Å². The van der Waals surface area contributed by atoms with E-state index in [0.717, 1.165) is 16.8 Å². The first-order chi connectivity index (χ1) is 9.16. The molecule has 0 spiro atoms. The van der Waals surface area contributed by atoms with Gasteiger partial charge in [-0.1, -0.05) is 18.2 Å². The van der Waals surface area contributed by atoms with Crippen LogP contribution >= 0.6 is 0 Å². The monoisotopic (exact) mass is 254 g/mol. The van der Waals surface area contributed by atoms with E-state index >= 15 is 0 Å². The summed E-state index contributed by atoms with van der Waals surface area (Å²) in [7, 11) is 1.95. The highest BCUT2D eigenvalue weighted by atomic mass is 15.2. The SMILES string of the molecule is Cc1ccccc1N(C)c1nc(N)nc2nc[nH]c12. The molecule has 0 aliphatic carbocycles. The number of rotatable bonds is 2. The van der Waals surface area contributed by atoms with E-state index in [9.17, 15) is 0 Å². The molecule has 0 atom stereocenters. The molecule has 0 unspecified atom stereocenters. The second-order valence-corrected chi connectivity index (χ2v) is 4.35. The standard InChI is InChI=1S/C13H14N6/c1-8-5-3-4-6-9(8)19(2)12-10-11(16-7-15-10)17-13(14)18-12/h3-7H,1-2H3,(H3,14,15,16,17,18). The van der Waals surface area contributed by atoms with E-state index in [0.29, 0.717) is 11.5 Å². The predicted molar refractivity (Wildman–Crippen MR) is 75.3 cm³/mol. The van der Waals surface area contributed by atoms with Gasteiger partial charge in [0.1, 0.15) is 5.52 Å². The Kier molecular flexibility index (Phi) is 2.56. The second-order valence-electron chi connectivity index (χ2n) is 4.35. The van der Waals surface area contributed by atoms with Gasteiger partial charge in [-0.25, -0.2) is 4.98 Å². The van der Waals surface area contributed by atoms with Crippen molar-refractivity contribution < 1.29 is 0 Å². The van der Waals surface area contributed by atoms with E-state index in [1.165, 1.54) is 0 Å². The topological polar surface area (TPSA) is 83.7 Å². The van der Waals surface area contributed by atoms with E-state index < -0.39 is 0 Å². The van der Waals surface area contributed by atoms with Crippen LogP contribution < -0.4 is 10.6 Å². The number of fused-ring (bicyclic) bond motifs is 1. The Balaban J connectivity index is 2.19. The summed E-state index contributed by atoms with van der Waals surface area (Å²) >= 11 is 0. The number of nitrogen functional groups attached to an aromatic ring is 1. The van der Waals surface area contributed by atoms with Crippen LogP contribution in [0, 0.1) is 6.92 Å². The summed E-state index contributed by atoms with van der Waals surface area (Å²) in [5.41, 5.74) is 9.31. The quantitative estimate of drug-likeness (QED) is 0.730. The van der Waals surface area contributed by atoms with Gasteiger partial charge in [0.2, 0.25) is 5.95 Å². The summed E-state index contributed by atoms with van der Waals surface area (Å²) in [5, 5.41) is 0. The molecule has 96 valence electrons. The maximum atomic E-state index is 5.74. The third-order valence-electron chi connectivity index (χ3n) is 3.08. The highest BCUT2D eigenvalue weighted by molar-refractivity contribution is 5.87. The number of hydrogen-bond donors (Lipinski definition) is 2. The molecule has 0 saturated carbocycles. The number of aromatic nitrogens is 4. The second kappa shape index (κ2) is 4.24. The Labute approximate surface area is 110 Å². The number of aromatic amines is 1. The highest BCUT2D eigenvalue weighted by Crippen LogP contribution is 2.29. The zero-order valence-corrected chi connectivity index (χ0v) is 10.8. The van der Waals surface area contributed by atoms with Crippen LogP contribution in [0.15, 0.2) is 30.6 Å². The minimum Gasteiger partial charge on any atom is -0.368 e. The van der Waals surface area contributed by atoms with Gasteiger partial charge in [-0.05, 0) is 18.6 Å². The molecule has 2 heterocycles. The fourth-order valence-corrected chi connectivity index (χ4v) is 2.13. The average Bonchev–Trinajstić information content (AvgIpc) is 2.85. The average molecular weight is 254 g/mol. The van der Waals surface area contributed by atoms with Crippen LogP contribution in [0.4, 0.5) is 17.5 Å². The first-order valence-corrected chi connectivity index (χ1v) is 5.93. The van der Waals surface area contributed by atoms with Crippen molar-refractivity contribution in [2.45, 2.75) is 6.92 Å². The molecule has 0 radical (unpaired) electrons. The van der Waals surface area contributed by atoms with Crippen molar-refractivity contribution in [1.29, 1.82) is 0 Å². The lowest BCUT2D eigenvalue weighted by Crippen LogP contribution is -2.14. The van der Waals surface area contributed by atoms with Crippen molar-refractivity contribution in [2.75, 3.05) is 17.7 Å². The van der Waals surface area contributed by atoms with Crippen LogP contribution in [0.3, 0.4) is 0 Å². The maximum Gasteiger partial charge on any atom is 0.224 e. The zero-order chi connectivity index (χ0) is 13.4. The first kappa shape index (κ1) is 11.5. The van der Waals surface area contributed by atoms with Gasteiger partial charge >= 0.3 is 0 Å². The molecule has 6 heteroatoms. The lowest BCUT2D eigenvalue weighted by Gasteiger charge is -2.20. The molecule has 0 saturated heterocycles. The van der Waals surface area contributed by atoms with E-state index in [1.54, 1.807) is 6.33 Å². The highest BCUT2D eigenvalue weighted by Gasteiger charge is 2.14. The van der Waals surface area contributed by atoms with Crippen molar-refractivity contribution in [3.8, 4) is 0 Å². The molecule has 1 aromatic carbocycles. The van der Waals surface area contributed by atoms with Gasteiger partial charge < -0.3 is 15.6 Å². The van der Waals surface area contributed by atoms with Crippen molar-refractivity contribution >= 4 is 28.6 Å². The van der Waals surface area contributed by atoms with Crippen LogP contribution in [0.25, 0.3) is 11.2 Å². The number of benzene rings is 1. The normalized spacial score (nSPS) is 10.8. The van der Waals surface area contributed by atoms with Gasteiger partial charge in [0.15, 0.2) is 11.5 Å². The molecule has 3 rings (SSSR count). The van der Waals surface area contributed by atoms with Gasteiger partial charge in [-0.3, -0.25) is 0 Å². The summed E-state index contributed by atoms with van der Waals surface area (Å²) in [6.45, 7) is 2.06. The van der Waals surface area contributed by atoms with Gasteiger partial charge in [-0.15, -0.1) is 0 Å². The molecular formula is C13H14N6. The van der Waals surface area contributed by atoms with Crippen molar-refractivity contribution in [3.05, 3.63) is 36.2 Å². The number of nitrogens with zero attached hydrogens (tertiary/aromatic N) is 4. The number of nitrogens with two attached hydrogens (primary N) is 1. The van der Waals surface area contributed by atoms with Crippen molar-refractivity contribution in [2.24, 2.45) is 0 Å². The molecule has 0 aliphatic rings. The third kappa shape index (κ3) is 1.87. The Morgan fingerprint density at radius 3 is 2.79 bits per heavy atom. The predicted octanol–water partition coefficient (Wildman–Crippen LogP) is 2.01. The number of H-pyrrole nitrogens is 1. The maximum absolute atomic E-state index is 5.74. The van der Waals surface area contributed by atoms with Crippen LogP contribution in [0.5, 0.6) is 0 Å². The first-order valence-electron chi connectivity index (χ1n) is 5.93. The van der Waals surface area contributed by atoms with Crippen molar-refractivity contribution in [3.63, 3.8) is 0 Å². The molecule has 3 N–H and O–H groups in total. The van der Waals surface area contributed by atoms with E-state index in [-0.39, 0.29) is 5.95 Å². The molecule has 2 aromatic heterocycles. The Morgan fingerprint density at radius 1 is 1.21 bits per heavy atom. The number of hydrogen-bond acceptors (Lipinski definition) is 5. The summed E-state index contributed by atoms with van der Waals surface area (Å²) < 4.78 is 0. The van der Waals surface area contributed by atoms with Crippen LogP contribution in [0.2, 0.25) is 0 Å². The summed E-state index contributed by atoms with van der Waals surface area (Å²) in [6.07, 6.45) is 1.59. The lowest BCUT2D eigenvalue weighted by atomic mass is 10.2. The molecule has 19 heavy (non-hydrogen) atoms. The van der Waals surface area contributed by atoms with Crippen LogP contribution in [-0.4, -0.2) is 27.0 Å². The number of imidazole rings is 1. The van der Waals surface area contributed by atoms with Gasteiger partial charge in [-0.2, -0.15) is 9.97 Å². The summed E-state index contributed by atoms with van der Waals surface area (Å²) in [5.74, 6) is 0.935. The van der Waals surface area contributed by atoms with Crippen LogP contribution in [-0.2, 0) is 0 Å². The Bertz CT molecular complexity index is 733. The minimum absolute atomic E-state index is 0.218. The Morgan fingerprint density at radius 2 is 2.00 bits per heavy atom. The third-order valence-corrected chi connectivity index (χ3v) is 3.08. The largest absolute Gasteiger partial charge is 0.368 e. The lowest BCUT2D eigenvalue weighted by molar-refractivity contribution is 1.10. The number of aryl methyl sites for hydroxylation is 1. The summed E-state index contributed by atoms with van der Waals surface area (Å²) in [4.78, 5) is 17.6. The number of anilines is 3. The van der Waals surface area contributed by atoms with Crippen LogP contribution in [0.1, 0.15) is 5.56 Å². The number of para-hydroxylation sites is 1. The van der Waals surface area contributed by atoms with Gasteiger partial charge in [0.05, 0.1) is 6.33 Å². The van der Waals surface area contributed by atoms with Crippen molar-refractivity contribution in [1.82, 2.24) is 19.9 Å². The summed E-state index contributed by atoms with van der Waals surface area (Å²) in [6, 6.07) is 8.09. The molecule has 6 nitrogen and oxygen atoms in total. The minimum atomic E-state index is 0.218. The smallest absolute Gasteiger partial charge is 0.224 e. The Hall–Kier alpha value is -2.63. The fraction of sp³-hybridized carbons (Fsp3) is 0.154. The van der Waals surface area contributed by atoms with E-state index in [4.69, 9.17) is 5.73 Å². The molecular weight excluding hydrogens is 240 g/mol. The molecule has 0 fully saturated rings. The van der Waals surface area contributed by atoms with Gasteiger partial charge in [0.25, 0.3) is 0 Å². The fourth-order valence-electron chi connectivity index (χ4n) is 2.13. The molecule has 0 bridgehead atoms. The number of nitrogens with one attached hydrogen (secondary N) is 1. The van der Waals surface area contributed by atoms with E-state index in [1.807, 2.05) is 30.1 Å². The molecule has 0 aliphatic heterocycles. The zero-order valence-electron chi connectivity index (χ0n) is 10.8. The molecule has 3 aromatic rings. The molecule has 0 amide bonds. The van der Waals surface area contributed by atoms with E-state index in [2.05, 4.69) is 32.9 Å².